The number of halogens is 1. The molecule has 6 nitrogen and oxygen atoms in total. The maximum atomic E-state index is 12.8. The normalized spacial score (nSPS) is 13.1. The van der Waals surface area contributed by atoms with E-state index < -0.39 is 0 Å². The van der Waals surface area contributed by atoms with E-state index >= 15 is 0 Å². The number of carbonyl (C=O) groups excluding carboxylic acids is 2. The van der Waals surface area contributed by atoms with Crippen LogP contribution in [0.3, 0.4) is 0 Å². The Morgan fingerprint density at radius 1 is 1.17 bits per heavy atom. The lowest BCUT2D eigenvalue weighted by Crippen LogP contribution is -2.24. The number of rotatable bonds is 7. The van der Waals surface area contributed by atoms with Gasteiger partial charge in [0.2, 0.25) is 5.91 Å². The summed E-state index contributed by atoms with van der Waals surface area (Å²) in [6.45, 7) is 2.35. The van der Waals surface area contributed by atoms with Crippen molar-refractivity contribution >= 4 is 29.1 Å². The first-order valence-corrected chi connectivity index (χ1v) is 10.4. The second-order valence-corrected chi connectivity index (χ2v) is 7.83. The van der Waals surface area contributed by atoms with Crippen LogP contribution in [0.15, 0.2) is 54.7 Å². The predicted octanol–water partition coefficient (Wildman–Crippen LogP) is 4.37. The summed E-state index contributed by atoms with van der Waals surface area (Å²) in [6.07, 6.45) is 4.16. The number of hydrogen-bond acceptors (Lipinski definition) is 3. The van der Waals surface area contributed by atoms with Crippen molar-refractivity contribution in [3.8, 4) is 5.69 Å². The molecule has 0 saturated heterocycles. The van der Waals surface area contributed by atoms with Crippen LogP contribution in [0.5, 0.6) is 0 Å². The molecule has 2 amide bonds. The van der Waals surface area contributed by atoms with Gasteiger partial charge in [0.05, 0.1) is 23.1 Å². The van der Waals surface area contributed by atoms with Crippen LogP contribution in [-0.2, 0) is 17.8 Å². The van der Waals surface area contributed by atoms with E-state index in [0.29, 0.717) is 23.6 Å². The van der Waals surface area contributed by atoms with Gasteiger partial charge in [-0.3, -0.25) is 9.59 Å². The second kappa shape index (κ2) is 8.71. The fourth-order valence-corrected chi connectivity index (χ4v) is 3.55. The first kappa shape index (κ1) is 20.2. The van der Waals surface area contributed by atoms with Crippen LogP contribution in [0.25, 0.3) is 5.69 Å². The minimum atomic E-state index is -0.187. The number of carbonyl (C=O) groups is 2. The Morgan fingerprint density at radius 3 is 2.70 bits per heavy atom. The molecule has 1 saturated carbocycles. The van der Waals surface area contributed by atoms with Crippen molar-refractivity contribution < 1.29 is 9.59 Å². The molecule has 0 unspecified atom stereocenters. The van der Waals surface area contributed by atoms with Gasteiger partial charge in [-0.15, -0.1) is 0 Å². The first-order valence-electron chi connectivity index (χ1n) is 10.1. The van der Waals surface area contributed by atoms with E-state index in [9.17, 15) is 9.59 Å². The molecule has 1 aliphatic rings. The monoisotopic (exact) mass is 422 g/mol. The molecule has 0 bridgehead atoms. The molecule has 0 spiro atoms. The van der Waals surface area contributed by atoms with E-state index in [1.54, 1.807) is 16.9 Å². The third kappa shape index (κ3) is 4.54. The predicted molar refractivity (Wildman–Crippen MR) is 117 cm³/mol. The maximum absolute atomic E-state index is 12.8. The number of aromatic nitrogens is 2. The average Bonchev–Trinajstić information content (AvgIpc) is 3.51. The molecule has 3 aromatic rings. The van der Waals surface area contributed by atoms with E-state index in [1.165, 1.54) is 0 Å². The Morgan fingerprint density at radius 2 is 1.97 bits per heavy atom. The Kier molecular flexibility index (Phi) is 5.86. The summed E-state index contributed by atoms with van der Waals surface area (Å²) < 4.78 is 1.74. The van der Waals surface area contributed by atoms with Gasteiger partial charge in [0, 0.05) is 23.2 Å². The van der Waals surface area contributed by atoms with Crippen molar-refractivity contribution in [1.82, 2.24) is 15.1 Å². The lowest BCUT2D eigenvalue weighted by atomic mass is 10.1. The van der Waals surface area contributed by atoms with Crippen LogP contribution in [0.2, 0.25) is 5.02 Å². The molecule has 1 fully saturated rings. The van der Waals surface area contributed by atoms with E-state index in [4.69, 9.17) is 11.6 Å². The average molecular weight is 423 g/mol. The van der Waals surface area contributed by atoms with Gasteiger partial charge in [0.1, 0.15) is 0 Å². The zero-order valence-corrected chi connectivity index (χ0v) is 17.4. The zero-order valence-electron chi connectivity index (χ0n) is 16.7. The summed E-state index contributed by atoms with van der Waals surface area (Å²) in [4.78, 5) is 24.8. The van der Waals surface area contributed by atoms with Crippen LogP contribution in [0.4, 0.5) is 5.69 Å². The standard InChI is InChI=1S/C23H23ClN4O2/c1-2-21-20(14-26-28(21)19-8-4-6-17(24)12-19)23(30)25-13-15-5-3-7-18(11-15)27-22(29)16-9-10-16/h3-8,11-12,14,16H,2,9-10,13H2,1H3,(H,25,30)(H,27,29). The lowest BCUT2D eigenvalue weighted by Gasteiger charge is -2.10. The third-order valence-corrected chi connectivity index (χ3v) is 5.33. The minimum Gasteiger partial charge on any atom is -0.348 e. The highest BCUT2D eigenvalue weighted by Gasteiger charge is 2.29. The molecule has 0 radical (unpaired) electrons. The smallest absolute Gasteiger partial charge is 0.255 e. The molecule has 7 heteroatoms. The Hall–Kier alpha value is -3.12. The van der Waals surface area contributed by atoms with Crippen LogP contribution in [0, 0.1) is 5.92 Å². The van der Waals surface area contributed by atoms with Crippen molar-refractivity contribution in [3.63, 3.8) is 0 Å². The summed E-state index contributed by atoms with van der Waals surface area (Å²) in [5, 5.41) is 10.9. The van der Waals surface area contributed by atoms with Gasteiger partial charge in [-0.25, -0.2) is 4.68 Å². The van der Waals surface area contributed by atoms with Crippen LogP contribution in [0.1, 0.15) is 41.4 Å². The van der Waals surface area contributed by atoms with Gasteiger partial charge in [-0.1, -0.05) is 36.7 Å². The van der Waals surface area contributed by atoms with Gasteiger partial charge in [0.25, 0.3) is 5.91 Å². The van der Waals surface area contributed by atoms with Gasteiger partial charge >= 0.3 is 0 Å². The number of nitrogens with zero attached hydrogens (tertiary/aromatic N) is 2. The lowest BCUT2D eigenvalue weighted by molar-refractivity contribution is -0.117. The Bertz CT molecular complexity index is 1090. The molecule has 2 N–H and O–H groups in total. The molecule has 4 rings (SSSR count). The number of hydrogen-bond donors (Lipinski definition) is 2. The first-order chi connectivity index (χ1) is 14.5. The van der Waals surface area contributed by atoms with E-state index in [1.807, 2.05) is 49.4 Å². The van der Waals surface area contributed by atoms with Gasteiger partial charge in [-0.05, 0) is 55.2 Å². The second-order valence-electron chi connectivity index (χ2n) is 7.40. The largest absolute Gasteiger partial charge is 0.348 e. The summed E-state index contributed by atoms with van der Waals surface area (Å²) in [6, 6.07) is 14.9. The topological polar surface area (TPSA) is 76.0 Å². The maximum Gasteiger partial charge on any atom is 0.255 e. The highest BCUT2D eigenvalue weighted by molar-refractivity contribution is 6.30. The summed E-state index contributed by atoms with van der Waals surface area (Å²) in [7, 11) is 0. The van der Waals surface area contributed by atoms with Crippen molar-refractivity contribution in [1.29, 1.82) is 0 Å². The number of amides is 2. The minimum absolute atomic E-state index is 0.0669. The van der Waals surface area contributed by atoms with Crippen LogP contribution < -0.4 is 10.6 Å². The SMILES string of the molecule is CCc1c(C(=O)NCc2cccc(NC(=O)C3CC3)c2)cnn1-c1cccc(Cl)c1. The fraction of sp³-hybridized carbons (Fsp3) is 0.261. The summed E-state index contributed by atoms with van der Waals surface area (Å²) in [5.74, 6) is 0.0293. The third-order valence-electron chi connectivity index (χ3n) is 5.10. The molecular formula is C23H23ClN4O2. The molecule has 0 aliphatic heterocycles. The molecule has 154 valence electrons. The molecule has 2 aromatic carbocycles. The highest BCUT2D eigenvalue weighted by Crippen LogP contribution is 2.30. The number of anilines is 1. The molecule has 0 atom stereocenters. The van der Waals surface area contributed by atoms with Crippen molar-refractivity contribution in [2.75, 3.05) is 5.32 Å². The van der Waals surface area contributed by atoms with Crippen molar-refractivity contribution in [2.45, 2.75) is 32.7 Å². The molecule has 30 heavy (non-hydrogen) atoms. The van der Waals surface area contributed by atoms with Crippen LogP contribution in [-0.4, -0.2) is 21.6 Å². The molecule has 1 aromatic heterocycles. The number of nitrogens with one attached hydrogen (secondary N) is 2. The van der Waals surface area contributed by atoms with Gasteiger partial charge in [-0.2, -0.15) is 5.10 Å². The molecule has 1 heterocycles. The Balaban J connectivity index is 1.45. The van der Waals surface area contributed by atoms with E-state index in [2.05, 4.69) is 15.7 Å². The fourth-order valence-electron chi connectivity index (χ4n) is 3.36. The summed E-state index contributed by atoms with van der Waals surface area (Å²) >= 11 is 6.10. The van der Waals surface area contributed by atoms with E-state index in [0.717, 1.165) is 35.5 Å². The highest BCUT2D eigenvalue weighted by atomic mass is 35.5. The van der Waals surface area contributed by atoms with Crippen molar-refractivity contribution in [2.24, 2.45) is 5.92 Å². The molecular weight excluding hydrogens is 400 g/mol. The van der Waals surface area contributed by atoms with Gasteiger partial charge < -0.3 is 10.6 Å². The van der Waals surface area contributed by atoms with Crippen LogP contribution >= 0.6 is 11.6 Å². The van der Waals surface area contributed by atoms with Gasteiger partial charge in [0.15, 0.2) is 0 Å². The Labute approximate surface area is 180 Å². The van der Waals surface area contributed by atoms with E-state index in [-0.39, 0.29) is 17.7 Å². The number of benzene rings is 2. The summed E-state index contributed by atoms with van der Waals surface area (Å²) in [5.41, 5.74) is 3.84. The molecule has 1 aliphatic carbocycles. The van der Waals surface area contributed by atoms with Crippen molar-refractivity contribution in [3.05, 3.63) is 76.6 Å². The zero-order chi connectivity index (χ0) is 21.1. The quantitative estimate of drug-likeness (QED) is 0.593.